The van der Waals surface area contributed by atoms with Crippen LogP contribution in [-0.2, 0) is 29.0 Å². The fraction of sp³-hybridized carbons (Fsp3) is 0.368. The van der Waals surface area contributed by atoms with Crippen LogP contribution in [0.5, 0.6) is 0 Å². The van der Waals surface area contributed by atoms with Gasteiger partial charge < -0.3 is 14.2 Å². The van der Waals surface area contributed by atoms with Gasteiger partial charge in [0, 0.05) is 18.5 Å². The Morgan fingerprint density at radius 3 is 2.69 bits per heavy atom. The topological polar surface area (TPSA) is 88.2 Å². The Bertz CT molecular complexity index is 864. The molecule has 0 saturated carbocycles. The maximum Gasteiger partial charge on any atom is 0.329 e. The molecule has 2 aromatic rings. The average Bonchev–Trinajstić information content (AvgIpc) is 3.08. The van der Waals surface area contributed by atoms with Crippen molar-refractivity contribution in [2.24, 2.45) is 0 Å². The number of hydrogen-bond donors (Lipinski definition) is 0. The summed E-state index contributed by atoms with van der Waals surface area (Å²) in [5.74, 6) is -0.720. The number of aromatic nitrogens is 2. The highest BCUT2D eigenvalue weighted by atomic mass is 16.5. The van der Waals surface area contributed by atoms with Gasteiger partial charge in [0.1, 0.15) is 6.04 Å². The number of fused-ring (bicyclic) bond motifs is 1. The van der Waals surface area contributed by atoms with Crippen molar-refractivity contribution in [1.82, 2.24) is 14.5 Å². The maximum absolute atomic E-state index is 13.0. The number of nitriles is 1. The molecule has 0 spiro atoms. The number of amides is 1. The Morgan fingerprint density at radius 1 is 1.35 bits per heavy atom. The number of esters is 1. The second-order valence-electron chi connectivity index (χ2n) is 6.20. The van der Waals surface area contributed by atoms with Crippen molar-refractivity contribution in [2.75, 3.05) is 7.11 Å². The highest BCUT2D eigenvalue weighted by molar-refractivity contribution is 5.97. The molecular formula is C19H20N4O3. The fourth-order valence-corrected chi connectivity index (χ4v) is 3.21. The molecular weight excluding hydrogens is 332 g/mol. The first kappa shape index (κ1) is 17.7. The molecule has 0 aliphatic carbocycles. The van der Waals surface area contributed by atoms with Crippen molar-refractivity contribution in [3.63, 3.8) is 0 Å². The zero-order valence-corrected chi connectivity index (χ0v) is 14.8. The summed E-state index contributed by atoms with van der Waals surface area (Å²) in [7, 11) is 1.32. The van der Waals surface area contributed by atoms with Crippen LogP contribution in [0.15, 0.2) is 30.6 Å². The molecule has 1 aromatic heterocycles. The number of methoxy groups -OCH3 is 1. The van der Waals surface area contributed by atoms with Crippen LogP contribution in [0.25, 0.3) is 0 Å². The first-order valence-corrected chi connectivity index (χ1v) is 8.50. The predicted molar refractivity (Wildman–Crippen MR) is 93.1 cm³/mol. The van der Waals surface area contributed by atoms with Crippen LogP contribution in [0, 0.1) is 11.3 Å². The first-order chi connectivity index (χ1) is 12.6. The molecule has 7 nitrogen and oxygen atoms in total. The minimum absolute atomic E-state index is 0.264. The Balaban J connectivity index is 1.95. The molecule has 1 atom stereocenters. The van der Waals surface area contributed by atoms with Crippen LogP contribution in [0.1, 0.15) is 40.7 Å². The van der Waals surface area contributed by atoms with Gasteiger partial charge in [-0.25, -0.2) is 9.78 Å². The Morgan fingerprint density at radius 2 is 2.08 bits per heavy atom. The molecule has 26 heavy (non-hydrogen) atoms. The zero-order valence-electron chi connectivity index (χ0n) is 14.8. The van der Waals surface area contributed by atoms with Crippen molar-refractivity contribution in [2.45, 2.75) is 38.9 Å². The van der Waals surface area contributed by atoms with Gasteiger partial charge in [-0.05, 0) is 30.7 Å². The Hall–Kier alpha value is -3.14. The van der Waals surface area contributed by atoms with Gasteiger partial charge in [-0.15, -0.1) is 0 Å². The summed E-state index contributed by atoms with van der Waals surface area (Å²) in [4.78, 5) is 31.2. The van der Waals surface area contributed by atoms with Gasteiger partial charge in [0.15, 0.2) is 0 Å². The molecule has 1 amide bonds. The van der Waals surface area contributed by atoms with E-state index in [1.807, 2.05) is 10.6 Å². The normalized spacial score (nSPS) is 15.9. The maximum atomic E-state index is 13.0. The van der Waals surface area contributed by atoms with Crippen LogP contribution in [0.2, 0.25) is 0 Å². The molecule has 0 radical (unpaired) electrons. The van der Waals surface area contributed by atoms with Crippen LogP contribution >= 0.6 is 0 Å². The van der Waals surface area contributed by atoms with Crippen molar-refractivity contribution in [3.05, 3.63) is 53.1 Å². The van der Waals surface area contributed by atoms with E-state index in [4.69, 9.17) is 10.00 Å². The number of benzene rings is 1. The van der Waals surface area contributed by atoms with Gasteiger partial charge in [-0.1, -0.05) is 6.92 Å². The largest absolute Gasteiger partial charge is 0.467 e. The number of imidazole rings is 1. The molecule has 1 unspecified atom stereocenters. The second-order valence-corrected chi connectivity index (χ2v) is 6.20. The first-order valence-electron chi connectivity index (χ1n) is 8.50. The van der Waals surface area contributed by atoms with E-state index in [1.165, 1.54) is 12.0 Å². The number of hydrogen-bond acceptors (Lipinski definition) is 5. The van der Waals surface area contributed by atoms with Crippen LogP contribution in [0.4, 0.5) is 0 Å². The van der Waals surface area contributed by atoms with E-state index < -0.39 is 12.0 Å². The number of carbonyl (C=O) groups excluding carboxylic acids is 2. The van der Waals surface area contributed by atoms with Crippen LogP contribution in [-0.4, -0.2) is 39.5 Å². The van der Waals surface area contributed by atoms with Gasteiger partial charge in [-0.2, -0.15) is 5.26 Å². The summed E-state index contributed by atoms with van der Waals surface area (Å²) >= 11 is 0. The molecule has 0 N–H and O–H groups in total. The van der Waals surface area contributed by atoms with Crippen molar-refractivity contribution in [1.29, 1.82) is 5.26 Å². The quantitative estimate of drug-likeness (QED) is 0.784. The Labute approximate surface area is 151 Å². The highest BCUT2D eigenvalue weighted by Crippen LogP contribution is 2.25. The number of rotatable bonds is 4. The minimum Gasteiger partial charge on any atom is -0.467 e. The Kier molecular flexibility index (Phi) is 5.03. The summed E-state index contributed by atoms with van der Waals surface area (Å²) < 4.78 is 6.93. The fourth-order valence-electron chi connectivity index (χ4n) is 3.21. The van der Waals surface area contributed by atoms with E-state index in [0.29, 0.717) is 24.1 Å². The van der Waals surface area contributed by atoms with Crippen molar-refractivity contribution >= 4 is 11.9 Å². The van der Waals surface area contributed by atoms with Crippen LogP contribution in [0.3, 0.4) is 0 Å². The molecule has 1 aliphatic rings. The molecule has 1 aromatic carbocycles. The lowest BCUT2D eigenvalue weighted by atomic mass is 10.0. The molecule has 3 rings (SSSR count). The van der Waals surface area contributed by atoms with E-state index in [1.54, 1.807) is 30.6 Å². The minimum atomic E-state index is -0.708. The number of aryl methyl sites for hydroxylation is 1. The van der Waals surface area contributed by atoms with E-state index >= 15 is 0 Å². The lowest BCUT2D eigenvalue weighted by Crippen LogP contribution is -2.49. The highest BCUT2D eigenvalue weighted by Gasteiger charge is 2.37. The van der Waals surface area contributed by atoms with E-state index in [9.17, 15) is 9.59 Å². The van der Waals surface area contributed by atoms with Crippen molar-refractivity contribution in [3.8, 4) is 6.07 Å². The summed E-state index contributed by atoms with van der Waals surface area (Å²) in [5, 5.41) is 8.91. The summed E-state index contributed by atoms with van der Waals surface area (Å²) in [5.41, 5.74) is 2.70. The SMILES string of the molecule is CCCn1cnc2c1CN(C(=O)c1ccc(C#N)cc1)C(C(=O)OC)C2. The standard InChI is InChI=1S/C19H20N4O3/c1-3-8-22-12-21-15-9-16(19(25)26-2)23(11-17(15)22)18(24)14-6-4-13(10-20)5-7-14/h4-7,12,16H,3,8-9,11H2,1-2H3. The smallest absolute Gasteiger partial charge is 0.329 e. The van der Waals surface area contributed by atoms with Gasteiger partial charge in [-0.3, -0.25) is 4.79 Å². The zero-order chi connectivity index (χ0) is 18.7. The van der Waals surface area contributed by atoms with Gasteiger partial charge in [0.25, 0.3) is 5.91 Å². The number of nitrogens with zero attached hydrogens (tertiary/aromatic N) is 4. The molecule has 134 valence electrons. The third kappa shape index (κ3) is 3.18. The third-order valence-electron chi connectivity index (χ3n) is 4.58. The lowest BCUT2D eigenvalue weighted by Gasteiger charge is -2.34. The second kappa shape index (κ2) is 7.40. The molecule has 0 saturated heterocycles. The van der Waals surface area contributed by atoms with E-state index in [-0.39, 0.29) is 5.91 Å². The van der Waals surface area contributed by atoms with Gasteiger partial charge in [0.2, 0.25) is 0 Å². The summed E-state index contributed by atoms with van der Waals surface area (Å²) in [6.07, 6.45) is 3.05. The number of ether oxygens (including phenoxy) is 1. The lowest BCUT2D eigenvalue weighted by molar-refractivity contribution is -0.146. The monoisotopic (exact) mass is 352 g/mol. The van der Waals surface area contributed by atoms with Crippen LogP contribution < -0.4 is 0 Å². The molecule has 0 fully saturated rings. The van der Waals surface area contributed by atoms with Gasteiger partial charge in [0.05, 0.1) is 43.0 Å². The molecule has 2 heterocycles. The average molecular weight is 352 g/mol. The molecule has 7 heteroatoms. The van der Waals surface area contributed by atoms with Crippen molar-refractivity contribution < 1.29 is 14.3 Å². The summed E-state index contributed by atoms with van der Waals surface area (Å²) in [6, 6.07) is 7.72. The third-order valence-corrected chi connectivity index (χ3v) is 4.58. The predicted octanol–water partition coefficient (Wildman–Crippen LogP) is 1.90. The summed E-state index contributed by atoms with van der Waals surface area (Å²) in [6.45, 7) is 3.18. The molecule has 1 aliphatic heterocycles. The van der Waals surface area contributed by atoms with E-state index in [2.05, 4.69) is 11.9 Å². The molecule has 0 bridgehead atoms. The number of carbonyl (C=O) groups is 2. The van der Waals surface area contributed by atoms with E-state index in [0.717, 1.165) is 24.4 Å². The van der Waals surface area contributed by atoms with Gasteiger partial charge >= 0.3 is 5.97 Å².